The summed E-state index contributed by atoms with van der Waals surface area (Å²) in [5.41, 5.74) is 8.08. The normalized spacial score (nSPS) is 14.3. The second-order valence-corrected chi connectivity index (χ2v) is 6.61. The predicted octanol–water partition coefficient (Wildman–Crippen LogP) is 2.12. The first-order chi connectivity index (χ1) is 13.7. The number of benzene rings is 1. The van der Waals surface area contributed by atoms with Crippen molar-refractivity contribution in [1.29, 1.82) is 0 Å². The zero-order valence-corrected chi connectivity index (χ0v) is 19.0. The van der Waals surface area contributed by atoms with E-state index in [1.807, 2.05) is 17.0 Å². The van der Waals surface area contributed by atoms with E-state index < -0.39 is 0 Å². The van der Waals surface area contributed by atoms with Crippen LogP contribution in [0.15, 0.2) is 47.7 Å². The monoisotopic (exact) mass is 509 g/mol. The Labute approximate surface area is 188 Å². The molecule has 2 aromatic rings. The summed E-state index contributed by atoms with van der Waals surface area (Å²) in [6, 6.07) is 9.85. The number of guanidine groups is 1. The highest BCUT2D eigenvalue weighted by atomic mass is 127. The molecule has 0 spiro atoms. The minimum Gasteiger partial charge on any atom is -0.370 e. The number of nitrogens with zero attached hydrogens (tertiary/aromatic N) is 5. The van der Waals surface area contributed by atoms with Crippen LogP contribution < -0.4 is 16.0 Å². The van der Waals surface area contributed by atoms with Gasteiger partial charge in [0.1, 0.15) is 0 Å². The molecule has 8 nitrogen and oxygen atoms in total. The maximum Gasteiger partial charge on any atom is 0.225 e. The summed E-state index contributed by atoms with van der Waals surface area (Å²) in [6.07, 6.45) is 4.81. The van der Waals surface area contributed by atoms with Gasteiger partial charge in [0.2, 0.25) is 11.9 Å². The van der Waals surface area contributed by atoms with E-state index in [2.05, 4.69) is 44.2 Å². The Morgan fingerprint density at radius 3 is 2.41 bits per heavy atom. The first-order valence-corrected chi connectivity index (χ1v) is 9.61. The maximum atomic E-state index is 12.4. The fourth-order valence-electron chi connectivity index (χ4n) is 3.05. The fraction of sp³-hybridized carbons (Fsp3) is 0.400. The Hall–Kier alpha value is -2.43. The van der Waals surface area contributed by atoms with Gasteiger partial charge in [0.25, 0.3) is 0 Å². The lowest BCUT2D eigenvalue weighted by Gasteiger charge is -2.34. The number of carbonyl (C=O) groups excluding carboxylic acids is 1. The molecular formula is C20H28IN7O. The number of piperazine rings is 1. The van der Waals surface area contributed by atoms with Gasteiger partial charge in [-0.25, -0.2) is 9.97 Å². The van der Waals surface area contributed by atoms with Crippen LogP contribution in [0.4, 0.5) is 11.6 Å². The van der Waals surface area contributed by atoms with Crippen molar-refractivity contribution in [2.75, 3.05) is 42.9 Å². The van der Waals surface area contributed by atoms with E-state index in [4.69, 9.17) is 5.73 Å². The highest BCUT2D eigenvalue weighted by molar-refractivity contribution is 14.0. The molecule has 29 heavy (non-hydrogen) atoms. The van der Waals surface area contributed by atoms with Gasteiger partial charge in [-0.15, -0.1) is 24.0 Å². The zero-order valence-electron chi connectivity index (χ0n) is 16.6. The lowest BCUT2D eigenvalue weighted by Crippen LogP contribution is -2.49. The van der Waals surface area contributed by atoms with Gasteiger partial charge in [-0.3, -0.25) is 9.79 Å². The van der Waals surface area contributed by atoms with Crippen molar-refractivity contribution in [3.8, 4) is 0 Å². The van der Waals surface area contributed by atoms with E-state index in [1.165, 1.54) is 5.56 Å². The smallest absolute Gasteiger partial charge is 0.225 e. The molecule has 1 aromatic heterocycles. The summed E-state index contributed by atoms with van der Waals surface area (Å²) in [6.45, 7) is 5.28. The molecule has 1 aromatic carbocycles. The topological polar surface area (TPSA) is 99.7 Å². The number of halogens is 1. The van der Waals surface area contributed by atoms with Crippen LogP contribution in [0, 0.1) is 0 Å². The minimum atomic E-state index is 0. The Morgan fingerprint density at radius 1 is 1.14 bits per heavy atom. The summed E-state index contributed by atoms with van der Waals surface area (Å²) in [4.78, 5) is 29.1. The minimum absolute atomic E-state index is 0. The van der Waals surface area contributed by atoms with Crippen LogP contribution in [-0.4, -0.2) is 59.5 Å². The van der Waals surface area contributed by atoms with E-state index in [9.17, 15) is 4.79 Å². The molecule has 0 saturated carbocycles. The predicted molar refractivity (Wildman–Crippen MR) is 127 cm³/mol. The first kappa shape index (κ1) is 22.9. The van der Waals surface area contributed by atoms with E-state index in [1.54, 1.807) is 18.5 Å². The van der Waals surface area contributed by atoms with Gasteiger partial charge in [0.15, 0.2) is 5.96 Å². The molecule has 1 fully saturated rings. The molecule has 156 valence electrons. The molecule has 0 aliphatic carbocycles. The van der Waals surface area contributed by atoms with Gasteiger partial charge >= 0.3 is 0 Å². The average Bonchev–Trinajstić information content (AvgIpc) is 2.75. The largest absolute Gasteiger partial charge is 0.370 e. The lowest BCUT2D eigenvalue weighted by molar-refractivity contribution is -0.131. The molecule has 3 rings (SSSR count). The third-order valence-corrected chi connectivity index (χ3v) is 4.71. The second-order valence-electron chi connectivity index (χ2n) is 6.61. The fourth-order valence-corrected chi connectivity index (χ4v) is 3.05. The van der Waals surface area contributed by atoms with Crippen LogP contribution >= 0.6 is 24.0 Å². The molecule has 0 radical (unpaired) electrons. The molecule has 1 saturated heterocycles. The van der Waals surface area contributed by atoms with Gasteiger partial charge in [-0.2, -0.15) is 0 Å². The average molecular weight is 509 g/mol. The number of aliphatic imine (C=N–C) groups is 1. The van der Waals surface area contributed by atoms with Gasteiger partial charge in [-0.05, 0) is 30.2 Å². The van der Waals surface area contributed by atoms with Crippen LogP contribution in [0.25, 0.3) is 0 Å². The number of rotatable bonds is 6. The number of nitrogens with one attached hydrogen (secondary N) is 1. The summed E-state index contributed by atoms with van der Waals surface area (Å²) in [7, 11) is 0. The molecule has 9 heteroatoms. The number of hydrogen-bond donors (Lipinski definition) is 2. The number of carbonyl (C=O) groups is 1. The van der Waals surface area contributed by atoms with E-state index in [-0.39, 0.29) is 29.9 Å². The Morgan fingerprint density at radius 2 is 1.79 bits per heavy atom. The number of hydrogen-bond acceptors (Lipinski definition) is 5. The van der Waals surface area contributed by atoms with Crippen molar-refractivity contribution in [3.63, 3.8) is 0 Å². The Balaban J connectivity index is 0.00000300. The van der Waals surface area contributed by atoms with Gasteiger partial charge < -0.3 is 20.9 Å². The highest BCUT2D eigenvalue weighted by Crippen LogP contribution is 2.11. The van der Waals surface area contributed by atoms with Crippen LogP contribution in [0.5, 0.6) is 0 Å². The molecule has 3 N–H and O–H groups in total. The number of aromatic nitrogens is 2. The summed E-state index contributed by atoms with van der Waals surface area (Å²) < 4.78 is 0. The quantitative estimate of drug-likeness (QED) is 0.352. The van der Waals surface area contributed by atoms with Gasteiger partial charge in [0.05, 0.1) is 6.54 Å². The van der Waals surface area contributed by atoms with E-state index in [0.29, 0.717) is 38.0 Å². The number of nitrogens with two attached hydrogens (primary N) is 1. The zero-order chi connectivity index (χ0) is 19.8. The lowest BCUT2D eigenvalue weighted by atomic mass is 10.1. The highest BCUT2D eigenvalue weighted by Gasteiger charge is 2.21. The van der Waals surface area contributed by atoms with E-state index >= 15 is 0 Å². The SMILES string of the molecule is CCc1ccc(NC(N)=NCCC(=O)N2CCN(c3ncccn3)CC2)cc1.I. The molecule has 0 atom stereocenters. The van der Waals surface area contributed by atoms with Crippen molar-refractivity contribution >= 4 is 47.5 Å². The van der Waals surface area contributed by atoms with Crippen molar-refractivity contribution in [2.24, 2.45) is 10.7 Å². The van der Waals surface area contributed by atoms with Crippen molar-refractivity contribution in [2.45, 2.75) is 19.8 Å². The third-order valence-electron chi connectivity index (χ3n) is 4.71. The van der Waals surface area contributed by atoms with Crippen LogP contribution in [-0.2, 0) is 11.2 Å². The van der Waals surface area contributed by atoms with Crippen LogP contribution in [0.3, 0.4) is 0 Å². The first-order valence-electron chi connectivity index (χ1n) is 9.61. The van der Waals surface area contributed by atoms with Crippen molar-refractivity contribution in [3.05, 3.63) is 48.3 Å². The standard InChI is InChI=1S/C20H27N7O.HI/c1-2-16-4-6-17(7-5-16)25-19(21)22-11-8-18(28)26-12-14-27(15-13-26)20-23-9-3-10-24-20;/h3-7,9-10H,2,8,11-15H2,1H3,(H3,21,22,25);1H. The molecule has 0 unspecified atom stereocenters. The summed E-state index contributed by atoms with van der Waals surface area (Å²) >= 11 is 0. The van der Waals surface area contributed by atoms with Crippen molar-refractivity contribution < 1.29 is 4.79 Å². The molecular weight excluding hydrogens is 481 g/mol. The van der Waals surface area contributed by atoms with Crippen LogP contribution in [0.1, 0.15) is 18.9 Å². The number of amides is 1. The second kappa shape index (κ2) is 11.5. The van der Waals surface area contributed by atoms with E-state index in [0.717, 1.165) is 25.2 Å². The third kappa shape index (κ3) is 6.84. The van der Waals surface area contributed by atoms with Gasteiger partial charge in [0, 0.05) is 50.7 Å². The Bertz CT molecular complexity index is 790. The summed E-state index contributed by atoms with van der Waals surface area (Å²) in [5.74, 6) is 1.13. The van der Waals surface area contributed by atoms with Crippen LogP contribution in [0.2, 0.25) is 0 Å². The molecule has 1 aliphatic rings. The molecule has 1 aliphatic heterocycles. The number of anilines is 2. The Kier molecular flexibility index (Phi) is 9.10. The van der Waals surface area contributed by atoms with Crippen molar-refractivity contribution in [1.82, 2.24) is 14.9 Å². The molecule has 0 bridgehead atoms. The summed E-state index contributed by atoms with van der Waals surface area (Å²) in [5, 5.41) is 3.05. The molecule has 1 amide bonds. The number of aryl methyl sites for hydroxylation is 1. The maximum absolute atomic E-state index is 12.4. The van der Waals surface area contributed by atoms with Gasteiger partial charge in [-0.1, -0.05) is 19.1 Å². The molecule has 2 heterocycles.